The molecule has 0 radical (unpaired) electrons. The highest BCUT2D eigenvalue weighted by Crippen LogP contribution is 2.41. The van der Waals surface area contributed by atoms with E-state index < -0.39 is 27.0 Å². The number of carboxylic acids is 1. The first-order valence-corrected chi connectivity index (χ1v) is 7.10. The van der Waals surface area contributed by atoms with Crippen molar-refractivity contribution >= 4 is 15.8 Å². The number of carbonyl (C=O) groups is 1. The molecular formula is C10H16O4S. The van der Waals surface area contributed by atoms with Crippen molar-refractivity contribution in [2.75, 3.05) is 0 Å². The highest BCUT2D eigenvalue weighted by atomic mass is 32.2. The van der Waals surface area contributed by atoms with Gasteiger partial charge in [-0.1, -0.05) is 19.3 Å². The Morgan fingerprint density at radius 2 is 1.73 bits per heavy atom. The molecule has 2 saturated carbocycles. The van der Waals surface area contributed by atoms with Crippen molar-refractivity contribution in [2.45, 2.75) is 49.0 Å². The molecule has 0 aromatic carbocycles. The molecule has 0 amide bonds. The molecule has 0 aliphatic heterocycles. The summed E-state index contributed by atoms with van der Waals surface area (Å²) in [5.41, 5.74) is 0. The molecule has 2 fully saturated rings. The van der Waals surface area contributed by atoms with Gasteiger partial charge in [0.25, 0.3) is 0 Å². The second-order valence-electron chi connectivity index (χ2n) is 4.57. The second-order valence-corrected chi connectivity index (χ2v) is 7.02. The zero-order valence-electron chi connectivity index (χ0n) is 8.55. The smallest absolute Gasteiger partial charge is 0.307 e. The maximum atomic E-state index is 12.0. The Kier molecular flexibility index (Phi) is 2.75. The molecular weight excluding hydrogens is 216 g/mol. The zero-order valence-corrected chi connectivity index (χ0v) is 9.37. The maximum absolute atomic E-state index is 12.0. The van der Waals surface area contributed by atoms with E-state index in [9.17, 15) is 13.2 Å². The number of hydrogen-bond acceptors (Lipinski definition) is 3. The highest BCUT2D eigenvalue weighted by molar-refractivity contribution is 7.93. The highest BCUT2D eigenvalue weighted by Gasteiger charge is 2.54. The fourth-order valence-corrected chi connectivity index (χ4v) is 4.97. The Bertz CT molecular complexity index is 354. The Hall–Kier alpha value is -0.580. The number of hydrogen-bond donors (Lipinski definition) is 1. The third-order valence-electron chi connectivity index (χ3n) is 3.49. The normalized spacial score (nSPS) is 32.5. The molecule has 5 heteroatoms. The van der Waals surface area contributed by atoms with Crippen LogP contribution in [0, 0.1) is 5.92 Å². The number of aliphatic carboxylic acids is 1. The summed E-state index contributed by atoms with van der Waals surface area (Å²) in [6.07, 6.45) is 4.83. The molecule has 2 atom stereocenters. The van der Waals surface area contributed by atoms with Gasteiger partial charge in [0, 0.05) is 0 Å². The monoisotopic (exact) mass is 232 g/mol. The van der Waals surface area contributed by atoms with Crippen LogP contribution in [0.2, 0.25) is 0 Å². The molecule has 86 valence electrons. The van der Waals surface area contributed by atoms with Crippen molar-refractivity contribution in [1.82, 2.24) is 0 Å². The van der Waals surface area contributed by atoms with Crippen LogP contribution in [-0.2, 0) is 14.6 Å². The number of rotatable bonds is 3. The first kappa shape index (κ1) is 10.9. The van der Waals surface area contributed by atoms with E-state index in [0.29, 0.717) is 6.42 Å². The van der Waals surface area contributed by atoms with Gasteiger partial charge in [0.1, 0.15) is 0 Å². The van der Waals surface area contributed by atoms with E-state index in [-0.39, 0.29) is 5.25 Å². The van der Waals surface area contributed by atoms with Gasteiger partial charge >= 0.3 is 5.97 Å². The van der Waals surface area contributed by atoms with Crippen LogP contribution >= 0.6 is 0 Å². The Morgan fingerprint density at radius 1 is 1.13 bits per heavy atom. The average Bonchev–Trinajstić information content (AvgIpc) is 2.99. The number of sulfone groups is 1. The fourth-order valence-electron chi connectivity index (χ4n) is 2.44. The lowest BCUT2D eigenvalue weighted by molar-refractivity contribution is -0.138. The largest absolute Gasteiger partial charge is 0.481 e. The summed E-state index contributed by atoms with van der Waals surface area (Å²) < 4.78 is 24.0. The first-order chi connectivity index (χ1) is 7.03. The Labute approximate surface area is 89.6 Å². The van der Waals surface area contributed by atoms with Crippen molar-refractivity contribution in [3.8, 4) is 0 Å². The van der Waals surface area contributed by atoms with Crippen molar-refractivity contribution in [3.05, 3.63) is 0 Å². The molecule has 0 saturated heterocycles. The van der Waals surface area contributed by atoms with Crippen molar-refractivity contribution in [1.29, 1.82) is 0 Å². The minimum Gasteiger partial charge on any atom is -0.481 e. The first-order valence-electron chi connectivity index (χ1n) is 5.49. The minimum absolute atomic E-state index is 0.263. The van der Waals surface area contributed by atoms with E-state index >= 15 is 0 Å². The summed E-state index contributed by atoms with van der Waals surface area (Å²) >= 11 is 0. The van der Waals surface area contributed by atoms with E-state index in [1.54, 1.807) is 0 Å². The van der Waals surface area contributed by atoms with Crippen LogP contribution in [0.5, 0.6) is 0 Å². The van der Waals surface area contributed by atoms with Gasteiger partial charge in [-0.15, -0.1) is 0 Å². The van der Waals surface area contributed by atoms with Gasteiger partial charge in [-0.25, -0.2) is 8.42 Å². The Morgan fingerprint density at radius 3 is 2.20 bits per heavy atom. The lowest BCUT2D eigenvalue weighted by atomic mass is 10.0. The van der Waals surface area contributed by atoms with Crippen LogP contribution in [0.4, 0.5) is 0 Å². The lowest BCUT2D eigenvalue weighted by Crippen LogP contribution is -2.28. The van der Waals surface area contributed by atoms with Crippen LogP contribution in [0.1, 0.15) is 38.5 Å². The van der Waals surface area contributed by atoms with E-state index in [4.69, 9.17) is 5.11 Å². The van der Waals surface area contributed by atoms with Gasteiger partial charge in [0.15, 0.2) is 9.84 Å². The second kappa shape index (κ2) is 3.77. The van der Waals surface area contributed by atoms with Gasteiger partial charge in [-0.3, -0.25) is 4.79 Å². The van der Waals surface area contributed by atoms with Crippen LogP contribution in [-0.4, -0.2) is 30.0 Å². The van der Waals surface area contributed by atoms with Gasteiger partial charge in [-0.05, 0) is 19.3 Å². The molecule has 0 heterocycles. The summed E-state index contributed by atoms with van der Waals surface area (Å²) in [6.45, 7) is 0. The van der Waals surface area contributed by atoms with Crippen LogP contribution in [0.25, 0.3) is 0 Å². The predicted octanol–water partition coefficient (Wildman–Crippen LogP) is 1.21. The molecule has 15 heavy (non-hydrogen) atoms. The van der Waals surface area contributed by atoms with Crippen molar-refractivity contribution in [2.24, 2.45) is 5.92 Å². The van der Waals surface area contributed by atoms with E-state index in [1.807, 2.05) is 0 Å². The van der Waals surface area contributed by atoms with E-state index in [0.717, 1.165) is 32.1 Å². The summed E-state index contributed by atoms with van der Waals surface area (Å²) in [4.78, 5) is 10.6. The van der Waals surface area contributed by atoms with E-state index in [1.165, 1.54) is 0 Å². The van der Waals surface area contributed by atoms with Crippen LogP contribution in [0.15, 0.2) is 0 Å². The molecule has 0 spiro atoms. The topological polar surface area (TPSA) is 71.4 Å². The molecule has 0 aromatic rings. The zero-order chi connectivity index (χ0) is 11.1. The maximum Gasteiger partial charge on any atom is 0.307 e. The fraction of sp³-hybridized carbons (Fsp3) is 0.900. The summed E-state index contributed by atoms with van der Waals surface area (Å²) in [5.74, 6) is -1.59. The molecule has 4 nitrogen and oxygen atoms in total. The molecule has 2 aliphatic rings. The van der Waals surface area contributed by atoms with Crippen molar-refractivity contribution < 1.29 is 18.3 Å². The van der Waals surface area contributed by atoms with Gasteiger partial charge in [-0.2, -0.15) is 0 Å². The summed E-state index contributed by atoms with van der Waals surface area (Å²) in [7, 11) is -3.16. The molecule has 2 unspecified atom stereocenters. The third-order valence-corrected chi connectivity index (χ3v) is 6.25. The summed E-state index contributed by atoms with van der Waals surface area (Å²) in [5, 5.41) is 7.87. The van der Waals surface area contributed by atoms with Gasteiger partial charge in [0.2, 0.25) is 0 Å². The lowest BCUT2D eigenvalue weighted by Gasteiger charge is -2.21. The molecule has 0 bridgehead atoms. The van der Waals surface area contributed by atoms with Crippen molar-refractivity contribution in [3.63, 3.8) is 0 Å². The number of carboxylic acid groups (broad SMARTS) is 1. The standard InChI is InChI=1S/C10H16O4S/c11-10(12)8-6-9(8)15(13,14)7-4-2-1-3-5-7/h7-9H,1-6H2,(H,11,12). The molecule has 2 rings (SSSR count). The quantitative estimate of drug-likeness (QED) is 0.793. The molecule has 2 aliphatic carbocycles. The van der Waals surface area contributed by atoms with Crippen LogP contribution in [0.3, 0.4) is 0 Å². The van der Waals surface area contributed by atoms with Gasteiger partial charge < -0.3 is 5.11 Å². The van der Waals surface area contributed by atoms with Gasteiger partial charge in [0.05, 0.1) is 16.4 Å². The predicted molar refractivity (Wildman–Crippen MR) is 55.3 cm³/mol. The Balaban J connectivity index is 2.04. The third kappa shape index (κ3) is 2.02. The minimum atomic E-state index is -3.16. The average molecular weight is 232 g/mol. The molecule has 1 N–H and O–H groups in total. The molecule has 0 aromatic heterocycles. The van der Waals surface area contributed by atoms with E-state index in [2.05, 4.69) is 0 Å². The SMILES string of the molecule is O=C(O)C1CC1S(=O)(=O)C1CCCCC1. The summed E-state index contributed by atoms with van der Waals surface area (Å²) in [6, 6.07) is 0. The van der Waals surface area contributed by atoms with Crippen LogP contribution < -0.4 is 0 Å².